The monoisotopic (exact) mass is 399 g/mol. The lowest BCUT2D eigenvalue weighted by Crippen LogP contribution is -2.45. The predicted molar refractivity (Wildman–Crippen MR) is 105 cm³/mol. The van der Waals surface area contributed by atoms with Crippen LogP contribution in [0.1, 0.15) is 30.3 Å². The molecule has 1 saturated heterocycles. The number of hydrogen-bond donors (Lipinski definition) is 0. The highest BCUT2D eigenvalue weighted by Gasteiger charge is 2.47. The van der Waals surface area contributed by atoms with Gasteiger partial charge in [0, 0.05) is 17.5 Å². The quantitative estimate of drug-likeness (QED) is 0.571. The zero-order valence-corrected chi connectivity index (χ0v) is 16.6. The van der Waals surface area contributed by atoms with Crippen molar-refractivity contribution in [3.05, 3.63) is 46.2 Å². The standard InChI is InChI=1S/C20H21N3O4S/c1-3-27-16-7-5-4-6-15(16)23-19(25)18(24)22(20(23)26)12-21-10-8-17-14(13(21)2)9-11-28-17/h4-7,9,11,13H,3,8,10,12H2,1-2H3. The molecule has 0 saturated carbocycles. The highest BCUT2D eigenvalue weighted by molar-refractivity contribution is 7.10. The average Bonchev–Trinajstić information content (AvgIpc) is 3.25. The van der Waals surface area contributed by atoms with Gasteiger partial charge in [0.25, 0.3) is 0 Å². The van der Waals surface area contributed by atoms with Crippen molar-refractivity contribution in [1.29, 1.82) is 0 Å². The van der Waals surface area contributed by atoms with Crippen LogP contribution in [0.3, 0.4) is 0 Å². The number of ether oxygens (including phenoxy) is 1. The number of nitrogens with zero attached hydrogens (tertiary/aromatic N) is 3. The van der Waals surface area contributed by atoms with Crippen molar-refractivity contribution in [3.63, 3.8) is 0 Å². The van der Waals surface area contributed by atoms with Crippen LogP contribution in [-0.2, 0) is 16.0 Å². The third kappa shape index (κ3) is 2.98. The van der Waals surface area contributed by atoms with Crippen molar-refractivity contribution in [2.24, 2.45) is 0 Å². The summed E-state index contributed by atoms with van der Waals surface area (Å²) < 4.78 is 5.53. The Bertz CT molecular complexity index is 941. The number of carbonyl (C=O) groups is 3. The summed E-state index contributed by atoms with van der Waals surface area (Å²) in [5, 5.41) is 2.06. The van der Waals surface area contributed by atoms with Crippen LogP contribution in [0, 0.1) is 0 Å². The number of para-hydroxylation sites is 2. The van der Waals surface area contributed by atoms with E-state index < -0.39 is 17.8 Å². The molecular formula is C20H21N3O4S. The van der Waals surface area contributed by atoms with Crippen molar-refractivity contribution in [2.75, 3.05) is 24.7 Å². The van der Waals surface area contributed by atoms with Crippen molar-refractivity contribution < 1.29 is 19.1 Å². The molecule has 4 amide bonds. The van der Waals surface area contributed by atoms with Gasteiger partial charge in [-0.15, -0.1) is 11.3 Å². The Morgan fingerprint density at radius 1 is 1.14 bits per heavy atom. The molecule has 0 spiro atoms. The Morgan fingerprint density at radius 3 is 2.71 bits per heavy atom. The lowest BCUT2D eigenvalue weighted by Gasteiger charge is -2.35. The van der Waals surface area contributed by atoms with Crippen LogP contribution in [0.2, 0.25) is 0 Å². The summed E-state index contributed by atoms with van der Waals surface area (Å²) in [5.41, 5.74) is 1.52. The molecule has 0 N–H and O–H groups in total. The second kappa shape index (κ2) is 7.37. The minimum atomic E-state index is -0.849. The number of imide groups is 2. The molecular weight excluding hydrogens is 378 g/mol. The minimum absolute atomic E-state index is 0.0791. The molecule has 0 radical (unpaired) electrons. The molecule has 28 heavy (non-hydrogen) atoms. The van der Waals surface area contributed by atoms with Gasteiger partial charge in [-0.1, -0.05) is 12.1 Å². The van der Waals surface area contributed by atoms with Gasteiger partial charge in [0.2, 0.25) is 0 Å². The van der Waals surface area contributed by atoms with Gasteiger partial charge in [-0.25, -0.2) is 14.6 Å². The molecule has 8 heteroatoms. The van der Waals surface area contributed by atoms with Crippen LogP contribution in [0.5, 0.6) is 5.75 Å². The van der Waals surface area contributed by atoms with Gasteiger partial charge in [-0.2, -0.15) is 0 Å². The maximum atomic E-state index is 13.0. The van der Waals surface area contributed by atoms with Crippen molar-refractivity contribution in [1.82, 2.24) is 9.80 Å². The van der Waals surface area contributed by atoms with E-state index in [9.17, 15) is 14.4 Å². The number of thiophene rings is 1. The second-order valence-corrected chi connectivity index (χ2v) is 7.74. The summed E-state index contributed by atoms with van der Waals surface area (Å²) in [5.74, 6) is -1.26. The van der Waals surface area contributed by atoms with Gasteiger partial charge < -0.3 is 4.74 Å². The number of urea groups is 1. The van der Waals surface area contributed by atoms with Crippen molar-refractivity contribution >= 4 is 34.9 Å². The Labute approximate surface area is 167 Å². The smallest absolute Gasteiger partial charge is 0.340 e. The van der Waals surface area contributed by atoms with E-state index in [2.05, 4.69) is 23.3 Å². The van der Waals surface area contributed by atoms with Gasteiger partial charge in [0.1, 0.15) is 5.75 Å². The number of amides is 4. The number of rotatable bonds is 5. The van der Waals surface area contributed by atoms with Gasteiger partial charge in [-0.05, 0) is 49.4 Å². The normalized spacial score (nSPS) is 20.1. The number of benzene rings is 1. The van der Waals surface area contributed by atoms with Gasteiger partial charge >= 0.3 is 17.8 Å². The van der Waals surface area contributed by atoms with Crippen LogP contribution in [0.4, 0.5) is 10.5 Å². The lowest BCUT2D eigenvalue weighted by molar-refractivity contribution is -0.140. The Balaban J connectivity index is 1.58. The van der Waals surface area contributed by atoms with Crippen LogP contribution >= 0.6 is 11.3 Å². The van der Waals surface area contributed by atoms with E-state index in [0.717, 1.165) is 22.8 Å². The first-order chi connectivity index (χ1) is 13.5. The Morgan fingerprint density at radius 2 is 1.93 bits per heavy atom. The number of anilines is 1. The molecule has 7 nitrogen and oxygen atoms in total. The first-order valence-corrected chi connectivity index (χ1v) is 10.1. The molecule has 1 fully saturated rings. The first-order valence-electron chi connectivity index (χ1n) is 9.25. The molecule has 2 aliphatic heterocycles. The molecule has 1 aromatic carbocycles. The summed E-state index contributed by atoms with van der Waals surface area (Å²) in [4.78, 5) is 43.5. The molecule has 3 heterocycles. The summed E-state index contributed by atoms with van der Waals surface area (Å²) in [6, 6.07) is 8.28. The summed E-state index contributed by atoms with van der Waals surface area (Å²) in [6.07, 6.45) is 0.873. The zero-order valence-electron chi connectivity index (χ0n) is 15.8. The minimum Gasteiger partial charge on any atom is -0.492 e. The summed E-state index contributed by atoms with van der Waals surface area (Å²) in [6.45, 7) is 5.08. The highest BCUT2D eigenvalue weighted by Crippen LogP contribution is 2.35. The van der Waals surface area contributed by atoms with Crippen molar-refractivity contribution in [2.45, 2.75) is 26.3 Å². The fourth-order valence-electron chi connectivity index (χ4n) is 3.70. The number of carbonyl (C=O) groups excluding carboxylic acids is 3. The second-order valence-electron chi connectivity index (χ2n) is 6.74. The van der Waals surface area contributed by atoms with Crippen LogP contribution in [0.15, 0.2) is 35.7 Å². The van der Waals surface area contributed by atoms with Gasteiger partial charge in [-0.3, -0.25) is 14.5 Å². The lowest BCUT2D eigenvalue weighted by atomic mass is 10.0. The third-order valence-electron chi connectivity index (χ3n) is 5.19. The van der Waals surface area contributed by atoms with E-state index in [1.807, 2.05) is 6.92 Å². The van der Waals surface area contributed by atoms with Gasteiger partial charge in [0.15, 0.2) is 0 Å². The molecule has 146 valence electrons. The molecule has 1 atom stereocenters. The fourth-order valence-corrected chi connectivity index (χ4v) is 4.66. The topological polar surface area (TPSA) is 70.2 Å². The molecule has 4 rings (SSSR count). The maximum Gasteiger partial charge on any atom is 0.340 e. The molecule has 0 aliphatic carbocycles. The fraction of sp³-hybridized carbons (Fsp3) is 0.350. The maximum absolute atomic E-state index is 13.0. The van der Waals surface area contributed by atoms with Crippen LogP contribution < -0.4 is 9.64 Å². The molecule has 1 unspecified atom stereocenters. The molecule has 1 aromatic heterocycles. The van der Waals surface area contributed by atoms with E-state index in [1.54, 1.807) is 35.6 Å². The van der Waals surface area contributed by atoms with Crippen LogP contribution in [-0.4, -0.2) is 47.5 Å². The third-order valence-corrected chi connectivity index (χ3v) is 6.18. The average molecular weight is 399 g/mol. The van der Waals surface area contributed by atoms with E-state index in [-0.39, 0.29) is 12.7 Å². The SMILES string of the molecule is CCOc1ccccc1N1C(=O)C(=O)N(CN2CCc3sccc3C2C)C1=O. The molecule has 2 aromatic rings. The first kappa shape index (κ1) is 18.6. The van der Waals surface area contributed by atoms with E-state index in [1.165, 1.54) is 10.4 Å². The number of hydrogen-bond acceptors (Lipinski definition) is 6. The van der Waals surface area contributed by atoms with Crippen molar-refractivity contribution in [3.8, 4) is 5.75 Å². The van der Waals surface area contributed by atoms with E-state index in [4.69, 9.17) is 4.74 Å². The summed E-state index contributed by atoms with van der Waals surface area (Å²) >= 11 is 1.73. The highest BCUT2D eigenvalue weighted by atomic mass is 32.1. The van der Waals surface area contributed by atoms with E-state index in [0.29, 0.717) is 18.0 Å². The Kier molecular flexibility index (Phi) is 4.91. The van der Waals surface area contributed by atoms with E-state index >= 15 is 0 Å². The number of fused-ring (bicyclic) bond motifs is 1. The zero-order chi connectivity index (χ0) is 19.8. The molecule has 2 aliphatic rings. The largest absolute Gasteiger partial charge is 0.492 e. The van der Waals surface area contributed by atoms with Crippen LogP contribution in [0.25, 0.3) is 0 Å². The van der Waals surface area contributed by atoms with Gasteiger partial charge in [0.05, 0.1) is 19.0 Å². The molecule has 0 bridgehead atoms. The Hall–Kier alpha value is -2.71. The predicted octanol–water partition coefficient (Wildman–Crippen LogP) is 3.02. The summed E-state index contributed by atoms with van der Waals surface area (Å²) in [7, 11) is 0.